The molecular formula is C53H66N2O10S2. The van der Waals surface area contributed by atoms with Crippen molar-refractivity contribution in [2.45, 2.75) is 145 Å². The molecule has 1 fully saturated rings. The molecule has 3 heterocycles. The zero-order valence-corrected chi connectivity index (χ0v) is 40.2. The SMILES string of the molecule is COc1c(O)ccc2c1-c1ccc3ccc(O)cc3c1C1CCC(CC(O)CSS1)C(OC1NC(CCCO)CCC3c4c1cc(CO)c1c4C(CCC(C(C)=O)N1)CC3CO)CC(=O)CC2. The molecule has 0 aromatic heterocycles. The van der Waals surface area contributed by atoms with Crippen molar-refractivity contribution in [3.05, 3.63) is 81.9 Å². The number of hydrogen-bond acceptors (Lipinski definition) is 14. The fraction of sp³-hybridized carbons (Fsp3) is 0.547. The number of carbonyl (C=O) groups excluding carboxylic acids is 2. The van der Waals surface area contributed by atoms with Crippen molar-refractivity contribution < 1.29 is 49.7 Å². The van der Waals surface area contributed by atoms with Crippen molar-refractivity contribution in [2.75, 3.05) is 31.4 Å². The molecule has 5 aliphatic rings. The van der Waals surface area contributed by atoms with Crippen LogP contribution < -0.4 is 15.4 Å². The molecule has 12 nitrogen and oxygen atoms in total. The molecule has 8 N–H and O–H groups in total. The summed E-state index contributed by atoms with van der Waals surface area (Å²) in [6.07, 6.45) is 5.29. The van der Waals surface area contributed by atoms with Gasteiger partial charge in [0.05, 0.1) is 32.0 Å². The summed E-state index contributed by atoms with van der Waals surface area (Å²) < 4.78 is 13.5. The third-order valence-corrected chi connectivity index (χ3v) is 18.4. The van der Waals surface area contributed by atoms with E-state index in [4.69, 9.17) is 9.47 Å². The predicted octanol–water partition coefficient (Wildman–Crippen LogP) is 8.86. The first-order chi connectivity index (χ1) is 32.5. The molecule has 10 unspecified atom stereocenters. The van der Waals surface area contributed by atoms with E-state index in [9.17, 15) is 40.2 Å². The van der Waals surface area contributed by atoms with E-state index in [0.717, 1.165) is 75.5 Å². The molecule has 1 saturated heterocycles. The van der Waals surface area contributed by atoms with Gasteiger partial charge in [-0.25, -0.2) is 0 Å². The third kappa shape index (κ3) is 9.84. The van der Waals surface area contributed by atoms with Crippen LogP contribution in [0.25, 0.3) is 21.9 Å². The zero-order chi connectivity index (χ0) is 46.9. The van der Waals surface area contributed by atoms with E-state index in [2.05, 4.69) is 16.7 Å². The number of Topliss-reactive ketones (excluding diaryl/α,β-unsaturated/α-hetero) is 2. The number of benzene rings is 4. The number of rotatable bonds is 9. The number of aromatic hydroxyl groups is 2. The van der Waals surface area contributed by atoms with Crippen LogP contribution in [0.5, 0.6) is 17.2 Å². The molecule has 3 aliphatic heterocycles. The molecule has 2 bridgehead atoms. The fourth-order valence-corrected chi connectivity index (χ4v) is 15.1. The second-order valence-electron chi connectivity index (χ2n) is 19.6. The fourth-order valence-electron chi connectivity index (χ4n) is 12.2. The molecule has 67 heavy (non-hydrogen) atoms. The number of phenols is 2. The number of anilines is 1. The van der Waals surface area contributed by atoms with Gasteiger partial charge in [-0.15, -0.1) is 0 Å². The highest BCUT2D eigenvalue weighted by Gasteiger charge is 2.44. The molecule has 9 rings (SSSR count). The molecule has 0 saturated carbocycles. The van der Waals surface area contributed by atoms with Crippen molar-refractivity contribution >= 4 is 49.6 Å². The van der Waals surface area contributed by atoms with Crippen LogP contribution in [0.15, 0.2) is 48.5 Å². The lowest BCUT2D eigenvalue weighted by Gasteiger charge is -2.44. The smallest absolute Gasteiger partial charge is 0.168 e. The number of methoxy groups -OCH3 is 1. The van der Waals surface area contributed by atoms with Gasteiger partial charge in [0.15, 0.2) is 17.3 Å². The van der Waals surface area contributed by atoms with Crippen LogP contribution in [0.2, 0.25) is 0 Å². The van der Waals surface area contributed by atoms with Gasteiger partial charge < -0.3 is 45.4 Å². The largest absolute Gasteiger partial charge is 0.508 e. The van der Waals surface area contributed by atoms with Crippen LogP contribution in [0.1, 0.15) is 141 Å². The number of hydrogen-bond donors (Lipinski definition) is 8. The van der Waals surface area contributed by atoms with Crippen molar-refractivity contribution in [3.8, 4) is 28.4 Å². The van der Waals surface area contributed by atoms with Gasteiger partial charge in [-0.2, -0.15) is 0 Å². The van der Waals surface area contributed by atoms with E-state index in [1.807, 2.05) is 24.3 Å². The van der Waals surface area contributed by atoms with E-state index in [0.29, 0.717) is 67.6 Å². The lowest BCUT2D eigenvalue weighted by atomic mass is 9.65. The number of phenolic OH excluding ortho intramolecular Hbond substituents is 2. The Morgan fingerprint density at radius 3 is 2.52 bits per heavy atom. The molecule has 2 aliphatic carbocycles. The summed E-state index contributed by atoms with van der Waals surface area (Å²) >= 11 is 0. The molecule has 0 spiro atoms. The Kier molecular flexibility index (Phi) is 15.1. The first-order valence-corrected chi connectivity index (χ1v) is 26.7. The van der Waals surface area contributed by atoms with E-state index >= 15 is 0 Å². The van der Waals surface area contributed by atoms with Gasteiger partial charge in [0.2, 0.25) is 0 Å². The lowest BCUT2D eigenvalue weighted by molar-refractivity contribution is -0.128. The number of ketones is 2. The summed E-state index contributed by atoms with van der Waals surface area (Å²) in [7, 11) is 4.84. The first-order valence-electron chi connectivity index (χ1n) is 24.3. The summed E-state index contributed by atoms with van der Waals surface area (Å²) in [5.41, 5.74) is 7.96. The Morgan fingerprint density at radius 2 is 1.75 bits per heavy atom. The van der Waals surface area contributed by atoms with Crippen molar-refractivity contribution in [3.63, 3.8) is 0 Å². The molecular weight excluding hydrogens is 889 g/mol. The monoisotopic (exact) mass is 954 g/mol. The predicted molar refractivity (Wildman–Crippen MR) is 264 cm³/mol. The van der Waals surface area contributed by atoms with Crippen molar-refractivity contribution in [1.82, 2.24) is 5.32 Å². The van der Waals surface area contributed by atoms with E-state index in [1.165, 1.54) is 7.11 Å². The molecule has 4 aromatic rings. The van der Waals surface area contributed by atoms with Crippen molar-refractivity contribution in [2.24, 2.45) is 11.8 Å². The van der Waals surface area contributed by atoms with Crippen LogP contribution in [0.4, 0.5) is 5.69 Å². The standard InChI is InChI=1S/C53H66N2O10S2/c1-28(59)43-16-8-32-20-33(25-57)39-15-11-35(4-3-19-56)54-53(42-22-34(26-58)51(55-43)48(32)50(39)42)65-45-24-37(61)13-6-30-9-17-44(63)52(64-2)47(30)40-14-7-29-5-12-36(60)23-41(29)49(40)46-18-10-31(45)21-38(62)27-66-67-46/h5,7,9,12,14,17,22-23,31-33,35,38-39,43,45-46,53-58,60,62-63H,3-4,6,8,10-11,13,15-16,18-21,24-27H2,1-2H3. The maximum Gasteiger partial charge on any atom is 0.168 e. The minimum Gasteiger partial charge on any atom is -0.508 e. The Morgan fingerprint density at radius 1 is 0.910 bits per heavy atom. The average molecular weight is 955 g/mol. The topological polar surface area (TPSA) is 198 Å². The number of nitrogens with one attached hydrogen (secondary N) is 2. The maximum atomic E-state index is 14.7. The number of fused-ring (bicyclic) bond motifs is 9. The van der Waals surface area contributed by atoms with Crippen molar-refractivity contribution in [1.29, 1.82) is 0 Å². The Labute approximate surface area is 401 Å². The van der Waals surface area contributed by atoms with Gasteiger partial charge >= 0.3 is 0 Å². The lowest BCUT2D eigenvalue weighted by Crippen LogP contribution is -2.43. The molecule has 4 aromatic carbocycles. The summed E-state index contributed by atoms with van der Waals surface area (Å²) in [5, 5.41) is 75.3. The second-order valence-corrected chi connectivity index (χ2v) is 22.3. The summed E-state index contributed by atoms with van der Waals surface area (Å²) in [6.45, 7) is 1.40. The zero-order valence-electron chi connectivity index (χ0n) is 38.5. The Bertz CT molecular complexity index is 2470. The van der Waals surface area contributed by atoms with E-state index in [-0.39, 0.29) is 90.7 Å². The first kappa shape index (κ1) is 48.2. The Hall–Kier alpha value is -3.86. The van der Waals surface area contributed by atoms with E-state index < -0.39 is 24.5 Å². The van der Waals surface area contributed by atoms with Gasteiger partial charge in [-0.1, -0.05) is 45.9 Å². The summed E-state index contributed by atoms with van der Waals surface area (Å²) in [4.78, 5) is 27.6. The number of ether oxygens (including phenoxy) is 2. The highest BCUT2D eigenvalue weighted by molar-refractivity contribution is 8.76. The maximum absolute atomic E-state index is 14.7. The van der Waals surface area contributed by atoms with Crippen LogP contribution in [-0.2, 0) is 27.4 Å². The molecule has 0 radical (unpaired) electrons. The van der Waals surface area contributed by atoms with Gasteiger partial charge in [0, 0.05) is 59.9 Å². The van der Waals surface area contributed by atoms with Gasteiger partial charge in [0.25, 0.3) is 0 Å². The summed E-state index contributed by atoms with van der Waals surface area (Å²) in [6, 6.07) is 14.5. The normalized spacial score (nSPS) is 28.8. The van der Waals surface area contributed by atoms with Crippen LogP contribution >= 0.6 is 21.6 Å². The average Bonchev–Trinajstić information content (AvgIpc) is 3.44. The van der Waals surface area contributed by atoms with Gasteiger partial charge in [-0.05, 0) is 170 Å². The minimum atomic E-state index is -0.736. The van der Waals surface area contributed by atoms with Crippen LogP contribution in [0.3, 0.4) is 0 Å². The molecule has 10 atom stereocenters. The third-order valence-electron chi connectivity index (χ3n) is 15.5. The Balaban J connectivity index is 1.19. The van der Waals surface area contributed by atoms with Crippen LogP contribution in [0, 0.1) is 11.8 Å². The van der Waals surface area contributed by atoms with Crippen LogP contribution in [-0.4, -0.2) is 92.6 Å². The minimum absolute atomic E-state index is 0.000285. The summed E-state index contributed by atoms with van der Waals surface area (Å²) in [5.74, 6) is 0.700. The van der Waals surface area contributed by atoms with Gasteiger partial charge in [-0.3, -0.25) is 14.9 Å². The van der Waals surface area contributed by atoms with E-state index in [1.54, 1.807) is 46.7 Å². The second kappa shape index (κ2) is 21.0. The number of aryl methyl sites for hydroxylation is 1. The molecule has 360 valence electrons. The number of aliphatic hydroxyl groups excluding tert-OH is 4. The number of carbonyl (C=O) groups is 2. The highest BCUT2D eigenvalue weighted by atomic mass is 33.1. The van der Waals surface area contributed by atoms with Gasteiger partial charge in [0.1, 0.15) is 17.8 Å². The quantitative estimate of drug-likeness (QED) is 0.0741. The number of aliphatic hydroxyl groups is 4. The molecule has 14 heteroatoms. The highest BCUT2D eigenvalue weighted by Crippen LogP contribution is 2.56. The molecule has 0 amide bonds.